The predicted octanol–water partition coefficient (Wildman–Crippen LogP) is 1.11. The second-order valence-electron chi connectivity index (χ2n) is 6.82. The number of likely N-dealkylation sites (tertiary alicyclic amines) is 1. The van der Waals surface area contributed by atoms with Gasteiger partial charge in [0.2, 0.25) is 11.8 Å². The molecule has 2 fully saturated rings. The van der Waals surface area contributed by atoms with Crippen molar-refractivity contribution in [3.63, 3.8) is 0 Å². The first-order valence-electron chi connectivity index (χ1n) is 8.95. The lowest BCUT2D eigenvalue weighted by atomic mass is 10.1. The van der Waals surface area contributed by atoms with Crippen molar-refractivity contribution < 1.29 is 28.6 Å². The molecule has 0 saturated carbocycles. The average molecular weight is 364 g/mol. The van der Waals surface area contributed by atoms with E-state index in [2.05, 4.69) is 0 Å². The van der Waals surface area contributed by atoms with Gasteiger partial charge in [-0.25, -0.2) is 0 Å². The Morgan fingerprint density at radius 2 is 2.23 bits per heavy atom. The highest BCUT2D eigenvalue weighted by Crippen LogP contribution is 2.23. The van der Waals surface area contributed by atoms with Crippen LogP contribution in [0.15, 0.2) is 22.8 Å². The fourth-order valence-electron chi connectivity index (χ4n) is 3.50. The van der Waals surface area contributed by atoms with Gasteiger partial charge in [-0.2, -0.15) is 0 Å². The summed E-state index contributed by atoms with van der Waals surface area (Å²) >= 11 is 0. The first kappa shape index (κ1) is 18.4. The molecule has 3 heterocycles. The van der Waals surface area contributed by atoms with Crippen molar-refractivity contribution in [3.8, 4) is 0 Å². The molecule has 0 radical (unpaired) electrons. The zero-order valence-corrected chi connectivity index (χ0v) is 14.6. The van der Waals surface area contributed by atoms with Crippen LogP contribution in [0.1, 0.15) is 31.4 Å². The number of hydrogen-bond acceptors (Lipinski definition) is 5. The maximum absolute atomic E-state index is 12.9. The quantitative estimate of drug-likeness (QED) is 0.742. The number of ether oxygens (including phenoxy) is 1. The van der Waals surface area contributed by atoms with Gasteiger partial charge in [0.1, 0.15) is 5.76 Å². The molecule has 2 aliphatic rings. The van der Waals surface area contributed by atoms with Crippen molar-refractivity contribution in [2.24, 2.45) is 5.92 Å². The molecule has 1 N–H and O–H groups in total. The third kappa shape index (κ3) is 4.63. The molecule has 3 rings (SSSR count). The first-order chi connectivity index (χ1) is 12.5. The van der Waals surface area contributed by atoms with E-state index in [1.54, 1.807) is 28.2 Å². The molecular weight excluding hydrogens is 340 g/mol. The molecule has 2 amide bonds. The van der Waals surface area contributed by atoms with E-state index >= 15 is 0 Å². The summed E-state index contributed by atoms with van der Waals surface area (Å²) in [6, 6.07) is 3.55. The molecule has 26 heavy (non-hydrogen) atoms. The minimum Gasteiger partial charge on any atom is -0.481 e. The monoisotopic (exact) mass is 364 g/mol. The normalized spacial score (nSPS) is 22.8. The van der Waals surface area contributed by atoms with Crippen LogP contribution in [0.5, 0.6) is 0 Å². The van der Waals surface area contributed by atoms with Gasteiger partial charge in [-0.15, -0.1) is 0 Å². The van der Waals surface area contributed by atoms with Crippen LogP contribution in [0.4, 0.5) is 0 Å². The molecule has 0 aromatic carbocycles. The lowest BCUT2D eigenvalue weighted by Gasteiger charge is -2.27. The second-order valence-corrected chi connectivity index (χ2v) is 6.82. The summed E-state index contributed by atoms with van der Waals surface area (Å²) in [4.78, 5) is 39.3. The Morgan fingerprint density at radius 1 is 1.38 bits per heavy atom. The molecule has 2 aliphatic heterocycles. The van der Waals surface area contributed by atoms with E-state index in [1.165, 1.54) is 0 Å². The maximum Gasteiger partial charge on any atom is 0.305 e. The van der Waals surface area contributed by atoms with Crippen molar-refractivity contribution >= 4 is 17.8 Å². The van der Waals surface area contributed by atoms with Crippen LogP contribution in [0.25, 0.3) is 0 Å². The summed E-state index contributed by atoms with van der Waals surface area (Å²) in [6.07, 6.45) is 3.34. The molecule has 0 spiro atoms. The Kier molecular flexibility index (Phi) is 5.92. The number of furan rings is 1. The van der Waals surface area contributed by atoms with E-state index in [4.69, 9.17) is 14.3 Å². The first-order valence-corrected chi connectivity index (χ1v) is 8.95. The average Bonchev–Trinajstić information content (AvgIpc) is 3.35. The van der Waals surface area contributed by atoms with E-state index in [9.17, 15) is 14.4 Å². The number of carboxylic acid groups (broad SMARTS) is 1. The van der Waals surface area contributed by atoms with Crippen LogP contribution in [-0.2, 0) is 25.7 Å². The number of carbonyl (C=O) groups excluding carboxylic acids is 2. The maximum atomic E-state index is 12.9. The standard InChI is InChI=1S/C18H24N2O6/c21-16-9-13(10-20(16)12-15-4-2-8-26-15)18(24)19(6-5-17(22)23)11-14-3-1-7-25-14/h2,4,8,13-14H,1,3,5-7,9-12H2,(H,22,23). The Balaban J connectivity index is 1.61. The van der Waals surface area contributed by atoms with Crippen LogP contribution >= 0.6 is 0 Å². The summed E-state index contributed by atoms with van der Waals surface area (Å²) in [5.74, 6) is -0.981. The minimum absolute atomic E-state index is 0.0518. The number of rotatable bonds is 8. The van der Waals surface area contributed by atoms with E-state index in [1.807, 2.05) is 0 Å². The van der Waals surface area contributed by atoms with E-state index in [0.29, 0.717) is 32.0 Å². The molecule has 2 saturated heterocycles. The van der Waals surface area contributed by atoms with Gasteiger partial charge in [0.25, 0.3) is 0 Å². The van der Waals surface area contributed by atoms with E-state index in [0.717, 1.165) is 12.8 Å². The third-order valence-corrected chi connectivity index (χ3v) is 4.85. The van der Waals surface area contributed by atoms with Crippen molar-refractivity contribution in [1.82, 2.24) is 9.80 Å². The topological polar surface area (TPSA) is 100 Å². The van der Waals surface area contributed by atoms with Crippen LogP contribution in [0.2, 0.25) is 0 Å². The zero-order chi connectivity index (χ0) is 18.5. The third-order valence-electron chi connectivity index (χ3n) is 4.85. The molecule has 0 aliphatic carbocycles. The van der Waals surface area contributed by atoms with Crippen LogP contribution in [0, 0.1) is 5.92 Å². The molecule has 1 aromatic heterocycles. The number of aliphatic carboxylic acids is 1. The van der Waals surface area contributed by atoms with E-state index in [-0.39, 0.29) is 37.3 Å². The van der Waals surface area contributed by atoms with Gasteiger partial charge in [0, 0.05) is 32.7 Å². The highest BCUT2D eigenvalue weighted by atomic mass is 16.5. The summed E-state index contributed by atoms with van der Waals surface area (Å²) in [5, 5.41) is 8.96. The highest BCUT2D eigenvalue weighted by molar-refractivity contribution is 5.89. The minimum atomic E-state index is -0.947. The van der Waals surface area contributed by atoms with Crippen molar-refractivity contribution in [2.75, 3.05) is 26.2 Å². The number of carbonyl (C=O) groups is 3. The van der Waals surface area contributed by atoms with Crippen LogP contribution in [0.3, 0.4) is 0 Å². The zero-order valence-electron chi connectivity index (χ0n) is 14.6. The van der Waals surface area contributed by atoms with Gasteiger partial charge in [-0.3, -0.25) is 14.4 Å². The van der Waals surface area contributed by atoms with Gasteiger partial charge in [0.15, 0.2) is 0 Å². The lowest BCUT2D eigenvalue weighted by Crippen LogP contribution is -2.42. The SMILES string of the molecule is O=C(O)CCN(CC1CCCO1)C(=O)C1CC(=O)N(Cc2ccco2)C1. The Bertz CT molecular complexity index is 638. The summed E-state index contributed by atoms with van der Waals surface area (Å²) in [6.45, 7) is 1.86. The van der Waals surface area contributed by atoms with Gasteiger partial charge in [0.05, 0.1) is 31.3 Å². The van der Waals surface area contributed by atoms with Crippen molar-refractivity contribution in [3.05, 3.63) is 24.2 Å². The second kappa shape index (κ2) is 8.35. The van der Waals surface area contributed by atoms with Gasteiger partial charge in [-0.1, -0.05) is 0 Å². The molecular formula is C18H24N2O6. The fourth-order valence-corrected chi connectivity index (χ4v) is 3.50. The molecule has 2 unspecified atom stereocenters. The van der Waals surface area contributed by atoms with Gasteiger partial charge >= 0.3 is 5.97 Å². The summed E-state index contributed by atoms with van der Waals surface area (Å²) < 4.78 is 10.9. The van der Waals surface area contributed by atoms with Crippen molar-refractivity contribution in [1.29, 1.82) is 0 Å². The predicted molar refractivity (Wildman–Crippen MR) is 90.0 cm³/mol. The molecule has 0 bridgehead atoms. The van der Waals surface area contributed by atoms with Gasteiger partial charge in [-0.05, 0) is 25.0 Å². The number of hydrogen-bond donors (Lipinski definition) is 1. The number of amides is 2. The number of nitrogens with zero attached hydrogens (tertiary/aromatic N) is 2. The molecule has 142 valence electrons. The smallest absolute Gasteiger partial charge is 0.305 e. The van der Waals surface area contributed by atoms with Crippen LogP contribution in [-0.4, -0.2) is 65.0 Å². The number of carboxylic acids is 1. The van der Waals surface area contributed by atoms with Crippen LogP contribution < -0.4 is 0 Å². The molecule has 1 aromatic rings. The van der Waals surface area contributed by atoms with Gasteiger partial charge < -0.3 is 24.1 Å². The molecule has 8 heteroatoms. The lowest BCUT2D eigenvalue weighted by molar-refractivity contribution is -0.141. The summed E-state index contributed by atoms with van der Waals surface area (Å²) in [7, 11) is 0. The molecule has 2 atom stereocenters. The fraction of sp³-hybridized carbons (Fsp3) is 0.611. The van der Waals surface area contributed by atoms with Crippen molar-refractivity contribution in [2.45, 2.75) is 38.3 Å². The highest BCUT2D eigenvalue weighted by Gasteiger charge is 2.37. The largest absolute Gasteiger partial charge is 0.481 e. The Hall–Kier alpha value is -2.35. The molecule has 8 nitrogen and oxygen atoms in total. The Labute approximate surface area is 151 Å². The summed E-state index contributed by atoms with van der Waals surface area (Å²) in [5.41, 5.74) is 0. The Morgan fingerprint density at radius 3 is 2.88 bits per heavy atom. The van der Waals surface area contributed by atoms with E-state index < -0.39 is 11.9 Å².